The van der Waals surface area contributed by atoms with E-state index in [1.165, 1.54) is 0 Å². The van der Waals surface area contributed by atoms with Crippen molar-refractivity contribution in [2.24, 2.45) is 0 Å². The van der Waals surface area contributed by atoms with Crippen LogP contribution in [0.4, 0.5) is 17.7 Å². The molecule has 1 aliphatic rings. The Morgan fingerprint density at radius 1 is 0.964 bits per heavy atom. The molecule has 0 bridgehead atoms. The Labute approximate surface area is 163 Å². The maximum atomic E-state index is 5.18. The highest BCUT2D eigenvalue weighted by atomic mass is 16.5. The van der Waals surface area contributed by atoms with Crippen LogP contribution in [0.3, 0.4) is 0 Å². The molecule has 0 spiro atoms. The summed E-state index contributed by atoms with van der Waals surface area (Å²) in [5.74, 6) is 2.94. The van der Waals surface area contributed by atoms with Gasteiger partial charge in [-0.05, 0) is 23.8 Å². The molecule has 3 aromatic rings. The molecule has 9 heteroatoms. The highest BCUT2D eigenvalue weighted by Crippen LogP contribution is 2.16. The van der Waals surface area contributed by atoms with Gasteiger partial charge in [-0.25, -0.2) is 9.97 Å². The van der Waals surface area contributed by atoms with Crippen LogP contribution in [0.15, 0.2) is 48.9 Å². The van der Waals surface area contributed by atoms with E-state index >= 15 is 0 Å². The first-order valence-corrected chi connectivity index (χ1v) is 9.15. The topological polar surface area (TPSA) is 92.2 Å². The molecule has 2 aromatic heterocycles. The number of hydrogen-bond donors (Lipinski definition) is 1. The lowest BCUT2D eigenvalue weighted by atomic mass is 10.2. The fourth-order valence-corrected chi connectivity index (χ4v) is 3.01. The van der Waals surface area contributed by atoms with Crippen molar-refractivity contribution in [3.8, 4) is 5.75 Å². The van der Waals surface area contributed by atoms with E-state index in [9.17, 15) is 0 Å². The van der Waals surface area contributed by atoms with E-state index in [2.05, 4.69) is 40.3 Å². The van der Waals surface area contributed by atoms with Gasteiger partial charge in [0.25, 0.3) is 0 Å². The Kier molecular flexibility index (Phi) is 5.41. The molecular weight excluding hydrogens is 356 g/mol. The molecule has 0 radical (unpaired) electrons. The predicted octanol–water partition coefficient (Wildman–Crippen LogP) is 1.61. The van der Waals surface area contributed by atoms with Gasteiger partial charge in [0.1, 0.15) is 5.75 Å². The Hall–Kier alpha value is -3.49. The third kappa shape index (κ3) is 4.25. The van der Waals surface area contributed by atoms with E-state index in [0.29, 0.717) is 18.3 Å². The number of ether oxygens (including phenoxy) is 1. The lowest BCUT2D eigenvalue weighted by Gasteiger charge is -2.34. The van der Waals surface area contributed by atoms with Crippen molar-refractivity contribution < 1.29 is 4.74 Å². The molecule has 0 saturated carbocycles. The third-order valence-electron chi connectivity index (χ3n) is 4.58. The average Bonchev–Trinajstić information content (AvgIpc) is 2.79. The molecule has 3 heterocycles. The van der Waals surface area contributed by atoms with Crippen LogP contribution in [0.1, 0.15) is 5.56 Å². The van der Waals surface area contributed by atoms with Crippen LogP contribution in [0.25, 0.3) is 0 Å². The molecule has 28 heavy (non-hydrogen) atoms. The normalized spacial score (nSPS) is 14.0. The van der Waals surface area contributed by atoms with Gasteiger partial charge in [-0.1, -0.05) is 12.1 Å². The number of methoxy groups -OCH3 is 1. The SMILES string of the molecule is COc1ccc(CNc2cnnc(N3CCN(c4ncccn4)CC3)n2)cc1. The summed E-state index contributed by atoms with van der Waals surface area (Å²) in [6.07, 6.45) is 5.17. The monoisotopic (exact) mass is 378 g/mol. The standard InChI is InChI=1S/C19H22N8O/c1-28-16-5-3-15(4-6-16)13-22-17-14-23-25-19(24-17)27-11-9-26(10-12-27)18-20-7-2-8-21-18/h2-8,14H,9-13H2,1H3,(H,22,24,25). The summed E-state index contributed by atoms with van der Waals surface area (Å²) >= 11 is 0. The molecule has 1 saturated heterocycles. The van der Waals surface area contributed by atoms with Crippen molar-refractivity contribution in [1.82, 2.24) is 25.1 Å². The molecular formula is C19H22N8O. The summed E-state index contributed by atoms with van der Waals surface area (Å²) in [5, 5.41) is 11.6. The number of benzene rings is 1. The van der Waals surface area contributed by atoms with Gasteiger partial charge in [0.15, 0.2) is 5.82 Å². The van der Waals surface area contributed by atoms with Crippen LogP contribution in [-0.2, 0) is 6.54 Å². The Morgan fingerprint density at radius 3 is 2.32 bits per heavy atom. The summed E-state index contributed by atoms with van der Waals surface area (Å²) in [7, 11) is 1.66. The summed E-state index contributed by atoms with van der Waals surface area (Å²) in [5.41, 5.74) is 1.14. The van der Waals surface area contributed by atoms with Crippen molar-refractivity contribution in [3.05, 3.63) is 54.5 Å². The molecule has 0 atom stereocenters. The van der Waals surface area contributed by atoms with E-state index in [1.54, 1.807) is 25.7 Å². The van der Waals surface area contributed by atoms with Crippen molar-refractivity contribution >= 4 is 17.7 Å². The first-order chi connectivity index (χ1) is 13.8. The van der Waals surface area contributed by atoms with E-state index in [4.69, 9.17) is 4.74 Å². The summed E-state index contributed by atoms with van der Waals surface area (Å²) < 4.78 is 5.18. The zero-order valence-corrected chi connectivity index (χ0v) is 15.7. The lowest BCUT2D eigenvalue weighted by Crippen LogP contribution is -2.47. The van der Waals surface area contributed by atoms with Crippen molar-refractivity contribution in [3.63, 3.8) is 0 Å². The minimum absolute atomic E-state index is 0.633. The molecule has 1 fully saturated rings. The third-order valence-corrected chi connectivity index (χ3v) is 4.58. The van der Waals surface area contributed by atoms with Crippen LogP contribution in [0.2, 0.25) is 0 Å². The maximum Gasteiger partial charge on any atom is 0.247 e. The van der Waals surface area contributed by atoms with Crippen LogP contribution in [-0.4, -0.2) is 58.4 Å². The predicted molar refractivity (Wildman–Crippen MR) is 107 cm³/mol. The van der Waals surface area contributed by atoms with Crippen molar-refractivity contribution in [2.75, 3.05) is 48.4 Å². The Bertz CT molecular complexity index is 882. The minimum Gasteiger partial charge on any atom is -0.497 e. The second-order valence-corrected chi connectivity index (χ2v) is 6.37. The Morgan fingerprint density at radius 2 is 1.64 bits per heavy atom. The Balaban J connectivity index is 1.34. The number of aromatic nitrogens is 5. The number of nitrogens with one attached hydrogen (secondary N) is 1. The van der Waals surface area contributed by atoms with Gasteiger partial charge in [-0.3, -0.25) is 0 Å². The maximum absolute atomic E-state index is 5.18. The highest BCUT2D eigenvalue weighted by molar-refractivity contribution is 5.42. The van der Waals surface area contributed by atoms with Gasteiger partial charge >= 0.3 is 0 Å². The van der Waals surface area contributed by atoms with E-state index in [-0.39, 0.29) is 0 Å². The molecule has 0 aliphatic carbocycles. The van der Waals surface area contributed by atoms with E-state index in [0.717, 1.165) is 43.4 Å². The number of rotatable bonds is 6. The molecule has 0 unspecified atom stereocenters. The van der Waals surface area contributed by atoms with Gasteiger partial charge in [0, 0.05) is 45.1 Å². The van der Waals surface area contributed by atoms with Crippen molar-refractivity contribution in [2.45, 2.75) is 6.54 Å². The largest absolute Gasteiger partial charge is 0.497 e. The second kappa shape index (κ2) is 8.47. The second-order valence-electron chi connectivity index (χ2n) is 6.37. The number of nitrogens with zero attached hydrogens (tertiary/aromatic N) is 7. The highest BCUT2D eigenvalue weighted by Gasteiger charge is 2.21. The molecule has 9 nitrogen and oxygen atoms in total. The fourth-order valence-electron chi connectivity index (χ4n) is 3.01. The fraction of sp³-hybridized carbons (Fsp3) is 0.316. The molecule has 1 N–H and O–H groups in total. The summed E-state index contributed by atoms with van der Waals surface area (Å²) in [6, 6.07) is 9.75. The minimum atomic E-state index is 0.633. The zero-order valence-electron chi connectivity index (χ0n) is 15.7. The summed E-state index contributed by atoms with van der Waals surface area (Å²) in [4.78, 5) is 17.5. The van der Waals surface area contributed by atoms with Gasteiger partial charge in [0.05, 0.1) is 13.3 Å². The zero-order chi connectivity index (χ0) is 19.2. The van der Waals surface area contributed by atoms with E-state index in [1.807, 2.05) is 30.3 Å². The van der Waals surface area contributed by atoms with E-state index < -0.39 is 0 Å². The lowest BCUT2D eigenvalue weighted by molar-refractivity contribution is 0.414. The molecule has 144 valence electrons. The molecule has 1 aromatic carbocycles. The molecule has 0 amide bonds. The number of hydrogen-bond acceptors (Lipinski definition) is 9. The van der Waals surface area contributed by atoms with Crippen LogP contribution in [0.5, 0.6) is 5.75 Å². The van der Waals surface area contributed by atoms with Crippen molar-refractivity contribution in [1.29, 1.82) is 0 Å². The smallest absolute Gasteiger partial charge is 0.247 e. The quantitative estimate of drug-likeness (QED) is 0.686. The number of piperazine rings is 1. The van der Waals surface area contributed by atoms with Crippen LogP contribution < -0.4 is 19.9 Å². The van der Waals surface area contributed by atoms with Crippen LogP contribution in [0, 0.1) is 0 Å². The van der Waals surface area contributed by atoms with Gasteiger partial charge in [0.2, 0.25) is 11.9 Å². The average molecular weight is 378 g/mol. The first kappa shape index (κ1) is 17.9. The van der Waals surface area contributed by atoms with Gasteiger partial charge in [-0.2, -0.15) is 10.1 Å². The number of anilines is 3. The first-order valence-electron chi connectivity index (χ1n) is 9.15. The summed E-state index contributed by atoms with van der Waals surface area (Å²) in [6.45, 7) is 3.87. The van der Waals surface area contributed by atoms with Crippen LogP contribution >= 0.6 is 0 Å². The van der Waals surface area contributed by atoms with Gasteiger partial charge in [-0.15, -0.1) is 5.10 Å². The van der Waals surface area contributed by atoms with Gasteiger partial charge < -0.3 is 19.9 Å². The molecule has 1 aliphatic heterocycles. The molecule has 4 rings (SSSR count).